The molecule has 0 spiro atoms. The minimum absolute atomic E-state index is 0.0272. The quantitative estimate of drug-likeness (QED) is 0.711. The Bertz CT molecular complexity index is 776. The van der Waals surface area contributed by atoms with E-state index in [0.717, 1.165) is 41.2 Å². The van der Waals surface area contributed by atoms with Crippen molar-refractivity contribution >= 4 is 17.2 Å². The lowest BCUT2D eigenvalue weighted by atomic mass is 9.91. The van der Waals surface area contributed by atoms with Gasteiger partial charge in [0.1, 0.15) is 0 Å². The Balaban J connectivity index is 2.02. The van der Waals surface area contributed by atoms with Crippen LogP contribution in [0.3, 0.4) is 0 Å². The lowest BCUT2D eigenvalue weighted by Gasteiger charge is -2.23. The van der Waals surface area contributed by atoms with Crippen LogP contribution in [-0.4, -0.2) is 25.1 Å². The van der Waals surface area contributed by atoms with Gasteiger partial charge in [0, 0.05) is 11.6 Å². The van der Waals surface area contributed by atoms with Crippen LogP contribution in [0, 0.1) is 0 Å². The van der Waals surface area contributed by atoms with Gasteiger partial charge >= 0.3 is 0 Å². The highest BCUT2D eigenvalue weighted by Gasteiger charge is 2.21. The van der Waals surface area contributed by atoms with E-state index in [9.17, 15) is 5.11 Å². The van der Waals surface area contributed by atoms with E-state index in [1.807, 2.05) is 36.4 Å². The van der Waals surface area contributed by atoms with E-state index in [4.69, 9.17) is 21.1 Å². The summed E-state index contributed by atoms with van der Waals surface area (Å²) in [5.74, 6) is 1.51. The van der Waals surface area contributed by atoms with Gasteiger partial charge in [-0.2, -0.15) is 0 Å². The zero-order valence-corrected chi connectivity index (χ0v) is 15.6. The summed E-state index contributed by atoms with van der Waals surface area (Å²) in [5, 5.41) is 13.7. The first-order valence-corrected chi connectivity index (χ1v) is 9.30. The Morgan fingerprint density at radius 2 is 2.08 bits per heavy atom. The normalized spacial score (nSPS) is 14.5. The van der Waals surface area contributed by atoms with Crippen molar-refractivity contribution in [2.45, 2.75) is 25.8 Å². The number of aliphatic hydroxyl groups excluding tert-OH is 1. The molecule has 0 bridgehead atoms. The molecular weight excluding hydrogens is 350 g/mol. The maximum Gasteiger partial charge on any atom is 0.231 e. The standard InChI is InChI=1S/C21H24ClNO3/c1-2-10-23-21(16-5-3-6-17(22)12-16)18(7-4-11-24)15-8-9-19-20(13-15)26-14-25-19/h3,5-9,12-13,21,23-24H,2,4,10-11,14H2,1H3/b18-7+. The molecule has 0 fully saturated rings. The van der Waals surface area contributed by atoms with E-state index < -0.39 is 0 Å². The van der Waals surface area contributed by atoms with Gasteiger partial charge in [0.2, 0.25) is 6.79 Å². The van der Waals surface area contributed by atoms with Crippen LogP contribution in [0.1, 0.15) is 36.9 Å². The van der Waals surface area contributed by atoms with E-state index in [0.29, 0.717) is 11.4 Å². The van der Waals surface area contributed by atoms with Gasteiger partial charge in [-0.05, 0) is 60.4 Å². The van der Waals surface area contributed by atoms with Crippen LogP contribution in [0.5, 0.6) is 11.5 Å². The topological polar surface area (TPSA) is 50.7 Å². The van der Waals surface area contributed by atoms with Crippen molar-refractivity contribution in [3.8, 4) is 11.5 Å². The molecule has 0 aliphatic carbocycles. The second-order valence-corrected chi connectivity index (χ2v) is 6.62. The Morgan fingerprint density at radius 1 is 1.23 bits per heavy atom. The van der Waals surface area contributed by atoms with Crippen molar-refractivity contribution < 1.29 is 14.6 Å². The van der Waals surface area contributed by atoms with Crippen molar-refractivity contribution in [2.75, 3.05) is 19.9 Å². The zero-order chi connectivity index (χ0) is 18.4. The summed E-state index contributed by atoms with van der Waals surface area (Å²) < 4.78 is 11.0. The van der Waals surface area contributed by atoms with Crippen molar-refractivity contribution in [1.82, 2.24) is 5.32 Å². The summed E-state index contributed by atoms with van der Waals surface area (Å²) in [6.07, 6.45) is 3.67. The lowest BCUT2D eigenvalue weighted by Crippen LogP contribution is -2.23. The molecule has 0 radical (unpaired) electrons. The zero-order valence-electron chi connectivity index (χ0n) is 14.9. The molecule has 1 aliphatic rings. The first-order chi connectivity index (χ1) is 12.7. The van der Waals surface area contributed by atoms with E-state index in [-0.39, 0.29) is 19.4 Å². The molecule has 2 aromatic carbocycles. The number of fused-ring (bicyclic) bond motifs is 1. The molecule has 26 heavy (non-hydrogen) atoms. The summed E-state index contributed by atoms with van der Waals surface area (Å²) in [4.78, 5) is 0. The third-order valence-electron chi connectivity index (χ3n) is 4.29. The Morgan fingerprint density at radius 3 is 2.85 bits per heavy atom. The molecule has 4 nitrogen and oxygen atoms in total. The highest BCUT2D eigenvalue weighted by molar-refractivity contribution is 6.30. The van der Waals surface area contributed by atoms with E-state index >= 15 is 0 Å². The maximum atomic E-state index is 9.36. The summed E-state index contributed by atoms with van der Waals surface area (Å²) in [7, 11) is 0. The fourth-order valence-corrected chi connectivity index (χ4v) is 3.28. The largest absolute Gasteiger partial charge is 0.454 e. The summed E-state index contributed by atoms with van der Waals surface area (Å²) in [6, 6.07) is 13.8. The third kappa shape index (κ3) is 4.39. The fourth-order valence-electron chi connectivity index (χ4n) is 3.08. The van der Waals surface area contributed by atoms with Gasteiger partial charge in [-0.3, -0.25) is 0 Å². The van der Waals surface area contributed by atoms with Crippen LogP contribution in [0.15, 0.2) is 48.5 Å². The van der Waals surface area contributed by atoms with Crippen LogP contribution >= 0.6 is 11.6 Å². The molecule has 0 aromatic heterocycles. The fraction of sp³-hybridized carbons (Fsp3) is 0.333. The van der Waals surface area contributed by atoms with Gasteiger partial charge in [0.25, 0.3) is 0 Å². The molecule has 3 rings (SSSR count). The van der Waals surface area contributed by atoms with Gasteiger partial charge in [-0.1, -0.05) is 42.8 Å². The Labute approximate surface area is 159 Å². The first kappa shape index (κ1) is 18.8. The first-order valence-electron chi connectivity index (χ1n) is 8.92. The number of benzene rings is 2. The van der Waals surface area contributed by atoms with Crippen molar-refractivity contribution in [3.05, 3.63) is 64.7 Å². The molecule has 0 saturated heterocycles. The highest BCUT2D eigenvalue weighted by atomic mass is 35.5. The average Bonchev–Trinajstić information content (AvgIpc) is 3.12. The number of hydrogen-bond donors (Lipinski definition) is 2. The molecule has 2 N–H and O–H groups in total. The minimum Gasteiger partial charge on any atom is -0.454 e. The van der Waals surface area contributed by atoms with Crippen LogP contribution in [0.2, 0.25) is 5.02 Å². The Hall–Kier alpha value is -2.01. The average molecular weight is 374 g/mol. The SMILES string of the molecule is CCCNC(/C(=C/CCO)c1ccc2c(c1)OCO2)c1cccc(Cl)c1. The van der Waals surface area contributed by atoms with Crippen molar-refractivity contribution in [2.24, 2.45) is 0 Å². The number of nitrogens with one attached hydrogen (secondary N) is 1. The number of hydrogen-bond acceptors (Lipinski definition) is 4. The lowest BCUT2D eigenvalue weighted by molar-refractivity contribution is 0.174. The number of ether oxygens (including phenoxy) is 2. The monoisotopic (exact) mass is 373 g/mol. The minimum atomic E-state index is -0.0272. The van der Waals surface area contributed by atoms with Gasteiger partial charge < -0.3 is 19.9 Å². The van der Waals surface area contributed by atoms with Crippen LogP contribution in [-0.2, 0) is 0 Å². The number of aliphatic hydroxyl groups is 1. The van der Waals surface area contributed by atoms with Crippen LogP contribution < -0.4 is 14.8 Å². The second kappa shape index (κ2) is 9.08. The molecule has 1 aliphatic heterocycles. The van der Waals surface area contributed by atoms with E-state index in [1.165, 1.54) is 0 Å². The van der Waals surface area contributed by atoms with Crippen LogP contribution in [0.4, 0.5) is 0 Å². The molecule has 138 valence electrons. The Kier molecular flexibility index (Phi) is 6.56. The van der Waals surface area contributed by atoms with E-state index in [1.54, 1.807) is 0 Å². The summed E-state index contributed by atoms with van der Waals surface area (Å²) >= 11 is 6.23. The molecule has 2 aromatic rings. The van der Waals surface area contributed by atoms with Gasteiger partial charge in [-0.25, -0.2) is 0 Å². The summed E-state index contributed by atoms with van der Waals surface area (Å²) in [6.45, 7) is 3.36. The van der Waals surface area contributed by atoms with Crippen LogP contribution in [0.25, 0.3) is 5.57 Å². The molecule has 0 saturated carbocycles. The molecule has 1 heterocycles. The van der Waals surface area contributed by atoms with Crippen molar-refractivity contribution in [1.29, 1.82) is 0 Å². The molecule has 0 amide bonds. The highest BCUT2D eigenvalue weighted by Crippen LogP contribution is 2.38. The third-order valence-corrected chi connectivity index (χ3v) is 4.53. The summed E-state index contributed by atoms with van der Waals surface area (Å²) in [5.41, 5.74) is 3.22. The predicted octanol–water partition coefficient (Wildman–Crippen LogP) is 4.58. The van der Waals surface area contributed by atoms with Gasteiger partial charge in [0.05, 0.1) is 6.04 Å². The molecule has 5 heteroatoms. The molecular formula is C21H24ClNO3. The van der Waals surface area contributed by atoms with Gasteiger partial charge in [-0.15, -0.1) is 0 Å². The smallest absolute Gasteiger partial charge is 0.231 e. The maximum absolute atomic E-state index is 9.36. The van der Waals surface area contributed by atoms with E-state index in [2.05, 4.69) is 24.4 Å². The second-order valence-electron chi connectivity index (χ2n) is 6.18. The predicted molar refractivity (Wildman–Crippen MR) is 105 cm³/mol. The molecule has 1 unspecified atom stereocenters. The van der Waals surface area contributed by atoms with Gasteiger partial charge in [0.15, 0.2) is 11.5 Å². The molecule has 1 atom stereocenters. The number of rotatable bonds is 8. The van der Waals surface area contributed by atoms with Crippen molar-refractivity contribution in [3.63, 3.8) is 0 Å². The number of halogens is 1.